The van der Waals surface area contributed by atoms with Gasteiger partial charge in [-0.2, -0.15) is 18.3 Å². The summed E-state index contributed by atoms with van der Waals surface area (Å²) in [6, 6.07) is 9.92. The van der Waals surface area contributed by atoms with Crippen molar-refractivity contribution in [2.75, 3.05) is 0 Å². The van der Waals surface area contributed by atoms with Crippen LogP contribution in [0, 0.1) is 6.92 Å². The molecular weight excluding hydrogens is 487 g/mol. The number of alkyl halides is 3. The lowest BCUT2D eigenvalue weighted by atomic mass is 10.0. The summed E-state index contributed by atoms with van der Waals surface area (Å²) in [5, 5.41) is 8.27. The minimum atomic E-state index is -4.70. The largest absolute Gasteiger partial charge is 0.435 e. The van der Waals surface area contributed by atoms with Gasteiger partial charge in [0, 0.05) is 11.8 Å². The molecule has 13 heteroatoms. The highest BCUT2D eigenvalue weighted by Gasteiger charge is 2.35. The van der Waals surface area contributed by atoms with Crippen molar-refractivity contribution in [3.05, 3.63) is 65.4 Å². The van der Waals surface area contributed by atoms with Crippen molar-refractivity contribution in [2.24, 2.45) is 5.14 Å². The van der Waals surface area contributed by atoms with E-state index in [1.807, 2.05) is 6.92 Å². The molecule has 0 aliphatic carbocycles. The highest BCUT2D eigenvalue weighted by Crippen LogP contribution is 2.35. The van der Waals surface area contributed by atoms with Crippen molar-refractivity contribution in [3.63, 3.8) is 0 Å². The van der Waals surface area contributed by atoms with E-state index in [1.54, 1.807) is 29.9 Å². The summed E-state index contributed by atoms with van der Waals surface area (Å²) in [7, 11) is -4.15. The van der Waals surface area contributed by atoms with Gasteiger partial charge in [-0.15, -0.1) is 23.7 Å². The van der Waals surface area contributed by atoms with Crippen LogP contribution in [-0.4, -0.2) is 28.2 Å². The standard InChI is InChI=1S/C19H14F3N5O2S2.ClH/c1-11-7-12(5-6-13(11)15-9-24-10-30-15)14-8-16(19(20,21)22)26-27(14)17-3-2-4-18(25-17)31(23,28)29;/h2-10H,1H3,(H2,23,28,29);1H. The Morgan fingerprint density at radius 1 is 1.12 bits per heavy atom. The Morgan fingerprint density at radius 3 is 2.47 bits per heavy atom. The summed E-state index contributed by atoms with van der Waals surface area (Å²) < 4.78 is 64.4. The molecule has 3 heterocycles. The van der Waals surface area contributed by atoms with E-state index in [-0.39, 0.29) is 23.9 Å². The van der Waals surface area contributed by atoms with E-state index in [0.29, 0.717) is 5.56 Å². The maximum atomic E-state index is 13.4. The van der Waals surface area contributed by atoms with Gasteiger partial charge in [-0.3, -0.25) is 4.98 Å². The van der Waals surface area contributed by atoms with Gasteiger partial charge in [-0.1, -0.05) is 18.2 Å². The van der Waals surface area contributed by atoms with Gasteiger partial charge in [-0.25, -0.2) is 23.2 Å². The molecule has 0 atom stereocenters. The van der Waals surface area contributed by atoms with Gasteiger partial charge in [0.1, 0.15) is 0 Å². The van der Waals surface area contributed by atoms with E-state index in [2.05, 4.69) is 15.1 Å². The molecule has 168 valence electrons. The smallest absolute Gasteiger partial charge is 0.252 e. The first kappa shape index (κ1) is 23.9. The minimum Gasteiger partial charge on any atom is -0.252 e. The van der Waals surface area contributed by atoms with Gasteiger partial charge in [0.25, 0.3) is 10.0 Å². The van der Waals surface area contributed by atoms with Crippen LogP contribution in [0.1, 0.15) is 11.3 Å². The molecule has 0 spiro atoms. The highest BCUT2D eigenvalue weighted by atomic mass is 35.5. The molecule has 1 aromatic carbocycles. The zero-order valence-electron chi connectivity index (χ0n) is 16.2. The zero-order chi connectivity index (χ0) is 22.4. The summed E-state index contributed by atoms with van der Waals surface area (Å²) in [6.07, 6.45) is -2.99. The number of aromatic nitrogens is 4. The molecule has 2 N–H and O–H groups in total. The summed E-state index contributed by atoms with van der Waals surface area (Å²) >= 11 is 1.45. The lowest BCUT2D eigenvalue weighted by Crippen LogP contribution is -2.15. The number of halogens is 4. The second kappa shape index (κ2) is 8.62. The number of aryl methyl sites for hydroxylation is 1. The first-order valence-corrected chi connectivity index (χ1v) is 11.1. The van der Waals surface area contributed by atoms with Crippen LogP contribution in [0.15, 0.2) is 59.2 Å². The normalized spacial score (nSPS) is 11.9. The molecule has 4 rings (SSSR count). The van der Waals surface area contributed by atoms with E-state index in [9.17, 15) is 21.6 Å². The molecule has 0 fully saturated rings. The van der Waals surface area contributed by atoms with Crippen molar-refractivity contribution in [3.8, 4) is 27.5 Å². The fourth-order valence-electron chi connectivity index (χ4n) is 3.03. The molecule has 0 radical (unpaired) electrons. The average Bonchev–Trinajstić information content (AvgIpc) is 3.37. The van der Waals surface area contributed by atoms with Gasteiger partial charge in [0.15, 0.2) is 16.5 Å². The van der Waals surface area contributed by atoms with Crippen LogP contribution < -0.4 is 5.14 Å². The summed E-state index contributed by atoms with van der Waals surface area (Å²) in [6.45, 7) is 1.84. The SMILES string of the molecule is Cc1cc(-c2cc(C(F)(F)F)nn2-c2cccc(S(N)(=O)=O)n2)ccc1-c1cncs1.Cl. The first-order valence-electron chi connectivity index (χ1n) is 8.71. The fraction of sp³-hybridized carbons (Fsp3) is 0.105. The van der Waals surface area contributed by atoms with Crippen LogP contribution in [0.5, 0.6) is 0 Å². The number of benzene rings is 1. The highest BCUT2D eigenvalue weighted by molar-refractivity contribution is 7.89. The molecule has 0 saturated carbocycles. The molecule has 0 unspecified atom stereocenters. The second-order valence-electron chi connectivity index (χ2n) is 6.60. The lowest BCUT2D eigenvalue weighted by molar-refractivity contribution is -0.141. The topological polar surface area (TPSA) is 104 Å². The molecule has 0 aliphatic heterocycles. The predicted octanol–water partition coefficient (Wildman–Crippen LogP) is 4.45. The van der Waals surface area contributed by atoms with E-state index in [1.165, 1.54) is 23.5 Å². The van der Waals surface area contributed by atoms with Crippen LogP contribution in [-0.2, 0) is 16.2 Å². The number of hydrogen-bond acceptors (Lipinski definition) is 6. The molecular formula is C19H15ClF3N5O2S2. The van der Waals surface area contributed by atoms with Gasteiger partial charge in [0.2, 0.25) is 0 Å². The number of hydrogen-bond donors (Lipinski definition) is 1. The summed E-state index contributed by atoms with van der Waals surface area (Å²) in [4.78, 5) is 8.86. The van der Waals surface area contributed by atoms with Crippen LogP contribution in [0.4, 0.5) is 13.2 Å². The lowest BCUT2D eigenvalue weighted by Gasteiger charge is -2.10. The molecule has 0 aliphatic rings. The zero-order valence-corrected chi connectivity index (χ0v) is 18.7. The van der Waals surface area contributed by atoms with Crippen LogP contribution in [0.2, 0.25) is 0 Å². The van der Waals surface area contributed by atoms with Crippen molar-refractivity contribution in [2.45, 2.75) is 18.1 Å². The van der Waals surface area contributed by atoms with Crippen LogP contribution >= 0.6 is 23.7 Å². The van der Waals surface area contributed by atoms with E-state index in [0.717, 1.165) is 32.8 Å². The monoisotopic (exact) mass is 501 g/mol. The third-order valence-electron chi connectivity index (χ3n) is 4.44. The Balaban J connectivity index is 0.00000289. The van der Waals surface area contributed by atoms with Crippen LogP contribution in [0.3, 0.4) is 0 Å². The number of thiazole rings is 1. The van der Waals surface area contributed by atoms with Crippen molar-refractivity contribution in [1.82, 2.24) is 19.7 Å². The van der Waals surface area contributed by atoms with Crippen molar-refractivity contribution >= 4 is 33.8 Å². The number of sulfonamides is 1. The first-order chi connectivity index (χ1) is 14.5. The number of nitrogens with two attached hydrogens (primary N) is 1. The predicted molar refractivity (Wildman–Crippen MR) is 116 cm³/mol. The Bertz CT molecular complexity index is 1370. The average molecular weight is 502 g/mol. The van der Waals surface area contributed by atoms with E-state index < -0.39 is 26.9 Å². The molecule has 32 heavy (non-hydrogen) atoms. The van der Waals surface area contributed by atoms with Crippen molar-refractivity contribution < 1.29 is 21.6 Å². The van der Waals surface area contributed by atoms with Crippen LogP contribution in [0.25, 0.3) is 27.5 Å². The van der Waals surface area contributed by atoms with Crippen molar-refractivity contribution in [1.29, 1.82) is 0 Å². The Labute approximate surface area is 191 Å². The van der Waals surface area contributed by atoms with Gasteiger partial charge in [0.05, 0.1) is 16.1 Å². The number of pyridine rings is 1. The van der Waals surface area contributed by atoms with E-state index in [4.69, 9.17) is 5.14 Å². The fourth-order valence-corrected chi connectivity index (χ4v) is 4.23. The quantitative estimate of drug-likeness (QED) is 0.445. The Morgan fingerprint density at radius 2 is 1.88 bits per heavy atom. The van der Waals surface area contributed by atoms with E-state index >= 15 is 0 Å². The van der Waals surface area contributed by atoms with Gasteiger partial charge in [-0.05, 0) is 42.3 Å². The van der Waals surface area contributed by atoms with Gasteiger partial charge >= 0.3 is 6.18 Å². The summed E-state index contributed by atoms with van der Waals surface area (Å²) in [5.41, 5.74) is 2.85. The molecule has 4 aromatic rings. The van der Waals surface area contributed by atoms with Gasteiger partial charge < -0.3 is 0 Å². The third-order valence-corrected chi connectivity index (χ3v) is 6.05. The number of nitrogens with zero attached hydrogens (tertiary/aromatic N) is 4. The Kier molecular flexibility index (Phi) is 6.43. The molecule has 0 bridgehead atoms. The Hall–Kier alpha value is -2.80. The summed E-state index contributed by atoms with van der Waals surface area (Å²) in [5.74, 6) is -0.110. The maximum Gasteiger partial charge on any atom is 0.435 e. The maximum absolute atomic E-state index is 13.4. The number of primary sulfonamides is 1. The minimum absolute atomic E-state index is 0. The molecule has 7 nitrogen and oxygen atoms in total. The number of rotatable bonds is 4. The second-order valence-corrected chi connectivity index (χ2v) is 8.99. The third kappa shape index (κ3) is 4.67. The molecule has 0 amide bonds. The molecule has 0 saturated heterocycles. The molecule has 3 aromatic heterocycles.